The van der Waals surface area contributed by atoms with Crippen molar-refractivity contribution in [1.29, 1.82) is 0 Å². The molecule has 3 aromatic rings. The van der Waals surface area contributed by atoms with Crippen LogP contribution in [0.1, 0.15) is 23.6 Å². The molecule has 0 aliphatic heterocycles. The highest BCUT2D eigenvalue weighted by Gasteiger charge is 2.10. The molecule has 0 saturated heterocycles. The van der Waals surface area contributed by atoms with Crippen LogP contribution in [0.3, 0.4) is 0 Å². The van der Waals surface area contributed by atoms with Gasteiger partial charge in [0.25, 0.3) is 0 Å². The third kappa shape index (κ3) is 2.83. The first-order valence-corrected chi connectivity index (χ1v) is 7.89. The van der Waals surface area contributed by atoms with Crippen LogP contribution in [-0.4, -0.2) is 4.98 Å². The maximum Gasteiger partial charge on any atom is 0.0780 e. The lowest BCUT2D eigenvalue weighted by Crippen LogP contribution is -1.92. The lowest BCUT2D eigenvalue weighted by atomic mass is 9.94. The van der Waals surface area contributed by atoms with Crippen LogP contribution in [0.2, 0.25) is 0 Å². The monoisotopic (exact) mass is 299 g/mol. The predicted octanol–water partition coefficient (Wildman–Crippen LogP) is 6.11. The highest BCUT2D eigenvalue weighted by Crippen LogP contribution is 2.32. The van der Waals surface area contributed by atoms with E-state index in [0.717, 1.165) is 16.8 Å². The lowest BCUT2D eigenvalue weighted by molar-refractivity contribution is 1.34. The Morgan fingerprint density at radius 2 is 1.87 bits per heavy atom. The van der Waals surface area contributed by atoms with Crippen molar-refractivity contribution in [2.75, 3.05) is 0 Å². The van der Waals surface area contributed by atoms with Gasteiger partial charge in [-0.3, -0.25) is 4.98 Å². The average Bonchev–Trinajstić information content (AvgIpc) is 2.55. The molecule has 23 heavy (non-hydrogen) atoms. The first-order valence-electron chi connectivity index (χ1n) is 7.89. The number of pyridine rings is 1. The van der Waals surface area contributed by atoms with Gasteiger partial charge in [0, 0.05) is 17.1 Å². The molecule has 114 valence electrons. The molecule has 0 atom stereocenters. The molecule has 1 heterocycles. The molecule has 0 bridgehead atoms. The molecule has 1 aromatic heterocycles. The van der Waals surface area contributed by atoms with Gasteiger partial charge in [0.2, 0.25) is 0 Å². The number of allylic oxidation sites excluding steroid dienone is 3. The van der Waals surface area contributed by atoms with E-state index >= 15 is 0 Å². The molecular weight excluding hydrogens is 278 g/mol. The average molecular weight is 299 g/mol. The summed E-state index contributed by atoms with van der Waals surface area (Å²) in [6.07, 6.45) is 5.97. The van der Waals surface area contributed by atoms with Crippen LogP contribution in [0.5, 0.6) is 0 Å². The summed E-state index contributed by atoms with van der Waals surface area (Å²) in [4.78, 5) is 4.63. The molecule has 1 heteroatoms. The Morgan fingerprint density at radius 1 is 1.04 bits per heavy atom. The van der Waals surface area contributed by atoms with Gasteiger partial charge < -0.3 is 0 Å². The van der Waals surface area contributed by atoms with E-state index in [1.807, 2.05) is 19.2 Å². The second-order valence-corrected chi connectivity index (χ2v) is 5.89. The highest BCUT2D eigenvalue weighted by atomic mass is 14.7. The second-order valence-electron chi connectivity index (χ2n) is 5.89. The molecule has 0 unspecified atom stereocenters. The van der Waals surface area contributed by atoms with E-state index in [2.05, 4.69) is 74.0 Å². The van der Waals surface area contributed by atoms with Crippen molar-refractivity contribution in [3.63, 3.8) is 0 Å². The Hall–Kier alpha value is -2.67. The van der Waals surface area contributed by atoms with Crippen LogP contribution in [0.4, 0.5) is 0 Å². The summed E-state index contributed by atoms with van der Waals surface area (Å²) in [5.74, 6) is 0. The van der Waals surface area contributed by atoms with E-state index in [4.69, 9.17) is 0 Å². The summed E-state index contributed by atoms with van der Waals surface area (Å²) < 4.78 is 0. The van der Waals surface area contributed by atoms with Crippen molar-refractivity contribution in [2.24, 2.45) is 0 Å². The van der Waals surface area contributed by atoms with Crippen molar-refractivity contribution >= 4 is 16.3 Å². The van der Waals surface area contributed by atoms with E-state index in [1.54, 1.807) is 0 Å². The van der Waals surface area contributed by atoms with Crippen molar-refractivity contribution in [1.82, 2.24) is 4.98 Å². The quantitative estimate of drug-likeness (QED) is 0.532. The second kappa shape index (κ2) is 6.21. The fraction of sp³-hybridized carbons (Fsp3) is 0.136. The van der Waals surface area contributed by atoms with E-state index in [-0.39, 0.29) is 0 Å². The number of hydrogen-bond acceptors (Lipinski definition) is 1. The summed E-state index contributed by atoms with van der Waals surface area (Å²) in [6, 6.07) is 14.9. The Balaban J connectivity index is 2.24. The summed E-state index contributed by atoms with van der Waals surface area (Å²) >= 11 is 0. The number of aryl methyl sites for hydroxylation is 2. The first-order chi connectivity index (χ1) is 11.1. The zero-order valence-electron chi connectivity index (χ0n) is 13.9. The normalized spacial score (nSPS) is 11.3. The summed E-state index contributed by atoms with van der Waals surface area (Å²) in [5, 5.41) is 2.42. The first kappa shape index (κ1) is 15.2. The summed E-state index contributed by atoms with van der Waals surface area (Å²) in [5.41, 5.74) is 6.93. The van der Waals surface area contributed by atoms with Gasteiger partial charge in [-0.1, -0.05) is 54.6 Å². The third-order valence-corrected chi connectivity index (χ3v) is 4.22. The predicted molar refractivity (Wildman–Crippen MR) is 101 cm³/mol. The van der Waals surface area contributed by atoms with Crippen LogP contribution in [0.15, 0.2) is 67.4 Å². The molecular formula is C22H21N. The Morgan fingerprint density at radius 3 is 2.61 bits per heavy atom. The molecule has 0 radical (unpaired) electrons. The Kier molecular flexibility index (Phi) is 4.12. The SMILES string of the molecule is C=C(/C=C\C)c1ccc2c(-c3cccc(C)c3)nccc2c1C. The number of benzene rings is 2. The molecule has 0 aliphatic rings. The molecule has 1 nitrogen and oxygen atoms in total. The Bertz CT molecular complexity index is 916. The molecule has 2 aromatic carbocycles. The van der Waals surface area contributed by atoms with Gasteiger partial charge in [0.1, 0.15) is 0 Å². The standard InChI is InChI=1S/C22H21N/c1-5-7-16(3)19-10-11-21-20(17(19)4)12-13-23-22(21)18-9-6-8-15(2)14-18/h5-14H,3H2,1-2,4H3/b7-5-. The van der Waals surface area contributed by atoms with Crippen molar-refractivity contribution in [3.8, 4) is 11.3 Å². The summed E-state index contributed by atoms with van der Waals surface area (Å²) in [6.45, 7) is 10.5. The largest absolute Gasteiger partial charge is 0.256 e. The number of hydrogen-bond donors (Lipinski definition) is 0. The zero-order chi connectivity index (χ0) is 16.4. The number of nitrogens with zero attached hydrogens (tertiary/aromatic N) is 1. The van der Waals surface area contributed by atoms with Crippen LogP contribution in [0, 0.1) is 13.8 Å². The molecule has 0 fully saturated rings. The number of rotatable bonds is 3. The minimum atomic E-state index is 1.04. The van der Waals surface area contributed by atoms with Crippen molar-refractivity contribution in [2.45, 2.75) is 20.8 Å². The fourth-order valence-corrected chi connectivity index (χ4v) is 3.07. The molecule has 0 amide bonds. The topological polar surface area (TPSA) is 12.9 Å². The van der Waals surface area contributed by atoms with Crippen LogP contribution < -0.4 is 0 Å². The van der Waals surface area contributed by atoms with Gasteiger partial charge in [0.15, 0.2) is 0 Å². The third-order valence-electron chi connectivity index (χ3n) is 4.22. The maximum atomic E-state index is 4.63. The molecule has 3 rings (SSSR count). The van der Waals surface area contributed by atoms with Crippen molar-refractivity contribution in [3.05, 3.63) is 84.1 Å². The lowest BCUT2D eigenvalue weighted by Gasteiger charge is -2.12. The van der Waals surface area contributed by atoms with Gasteiger partial charge in [-0.15, -0.1) is 0 Å². The number of aromatic nitrogens is 1. The minimum Gasteiger partial charge on any atom is -0.256 e. The van der Waals surface area contributed by atoms with Crippen LogP contribution in [0.25, 0.3) is 27.6 Å². The molecule has 0 saturated carbocycles. The van der Waals surface area contributed by atoms with Gasteiger partial charge in [-0.25, -0.2) is 0 Å². The Labute approximate surface area is 138 Å². The van der Waals surface area contributed by atoms with E-state index in [0.29, 0.717) is 0 Å². The van der Waals surface area contributed by atoms with Gasteiger partial charge >= 0.3 is 0 Å². The zero-order valence-corrected chi connectivity index (χ0v) is 13.9. The minimum absolute atomic E-state index is 1.04. The van der Waals surface area contributed by atoms with Crippen LogP contribution in [-0.2, 0) is 0 Å². The van der Waals surface area contributed by atoms with E-state index in [9.17, 15) is 0 Å². The smallest absolute Gasteiger partial charge is 0.0780 e. The highest BCUT2D eigenvalue weighted by molar-refractivity contribution is 5.99. The summed E-state index contributed by atoms with van der Waals surface area (Å²) in [7, 11) is 0. The van der Waals surface area contributed by atoms with Crippen molar-refractivity contribution < 1.29 is 0 Å². The van der Waals surface area contributed by atoms with E-state index in [1.165, 1.54) is 27.5 Å². The van der Waals surface area contributed by atoms with Crippen LogP contribution >= 0.6 is 0 Å². The fourth-order valence-electron chi connectivity index (χ4n) is 3.07. The van der Waals surface area contributed by atoms with Gasteiger partial charge in [0.05, 0.1) is 5.69 Å². The molecule has 0 N–H and O–H groups in total. The number of fused-ring (bicyclic) bond motifs is 1. The molecule has 0 spiro atoms. The maximum absolute atomic E-state index is 4.63. The van der Waals surface area contributed by atoms with E-state index < -0.39 is 0 Å². The van der Waals surface area contributed by atoms with Gasteiger partial charge in [-0.05, 0) is 55.0 Å². The van der Waals surface area contributed by atoms with Gasteiger partial charge in [-0.2, -0.15) is 0 Å². The molecule has 0 aliphatic carbocycles.